The number of carbonyl (C=O) groups is 2. The predicted octanol–water partition coefficient (Wildman–Crippen LogP) is 2.58. The fraction of sp³-hybridized carbons (Fsp3) is 0. The normalized spacial score (nSPS) is 17.2. The van der Waals surface area contributed by atoms with Crippen molar-refractivity contribution in [1.82, 2.24) is 5.32 Å². The third kappa shape index (κ3) is 2.63. The molecule has 0 bridgehead atoms. The molecule has 0 radical (unpaired) electrons. The molecular weight excluding hydrogens is 304 g/mol. The van der Waals surface area contributed by atoms with Crippen LogP contribution in [-0.2, 0) is 9.59 Å². The Bertz CT molecular complexity index is 736. The van der Waals surface area contributed by atoms with Crippen LogP contribution in [-0.4, -0.2) is 16.9 Å². The van der Waals surface area contributed by atoms with Gasteiger partial charge in [-0.25, -0.2) is 0 Å². The predicted molar refractivity (Wildman–Crippen MR) is 87.0 cm³/mol. The highest BCUT2D eigenvalue weighted by Gasteiger charge is 2.34. The van der Waals surface area contributed by atoms with Crippen LogP contribution >= 0.6 is 23.6 Å². The lowest BCUT2D eigenvalue weighted by Gasteiger charge is -2.28. The summed E-state index contributed by atoms with van der Waals surface area (Å²) >= 11 is 6.57. The van der Waals surface area contributed by atoms with Gasteiger partial charge in [0.05, 0.1) is 5.69 Å². The number of anilines is 1. The number of thiophene rings is 1. The second-order valence-corrected chi connectivity index (χ2v) is 5.67. The summed E-state index contributed by atoms with van der Waals surface area (Å²) < 4.78 is 0. The molecule has 2 heterocycles. The smallest absolute Gasteiger partial charge is 0.270 e. The van der Waals surface area contributed by atoms with Gasteiger partial charge >= 0.3 is 0 Å². The molecule has 1 aromatic carbocycles. The highest BCUT2D eigenvalue weighted by molar-refractivity contribution is 7.80. The van der Waals surface area contributed by atoms with Crippen LogP contribution in [0.15, 0.2) is 53.4 Å². The molecule has 1 fully saturated rings. The van der Waals surface area contributed by atoms with E-state index in [0.717, 1.165) is 4.88 Å². The van der Waals surface area contributed by atoms with E-state index in [0.29, 0.717) is 5.69 Å². The monoisotopic (exact) mass is 314 g/mol. The molecule has 0 aliphatic carbocycles. The third-order valence-corrected chi connectivity index (χ3v) is 4.05. The first kappa shape index (κ1) is 13.7. The zero-order valence-electron chi connectivity index (χ0n) is 10.8. The third-order valence-electron chi connectivity index (χ3n) is 2.95. The zero-order chi connectivity index (χ0) is 14.8. The van der Waals surface area contributed by atoms with Gasteiger partial charge in [-0.3, -0.25) is 19.8 Å². The Morgan fingerprint density at radius 3 is 2.52 bits per heavy atom. The summed E-state index contributed by atoms with van der Waals surface area (Å²) in [7, 11) is 0. The van der Waals surface area contributed by atoms with Crippen molar-refractivity contribution < 1.29 is 9.59 Å². The van der Waals surface area contributed by atoms with Gasteiger partial charge in [-0.15, -0.1) is 11.3 Å². The molecule has 4 nitrogen and oxygen atoms in total. The summed E-state index contributed by atoms with van der Waals surface area (Å²) in [6.45, 7) is 0. The maximum absolute atomic E-state index is 12.6. The lowest BCUT2D eigenvalue weighted by molar-refractivity contribution is -0.122. The first-order valence-electron chi connectivity index (χ1n) is 6.17. The van der Waals surface area contributed by atoms with Gasteiger partial charge in [0.2, 0.25) is 0 Å². The molecule has 104 valence electrons. The van der Waals surface area contributed by atoms with Gasteiger partial charge in [-0.1, -0.05) is 24.3 Å². The fourth-order valence-electron chi connectivity index (χ4n) is 1.98. The molecule has 1 aliphatic heterocycles. The van der Waals surface area contributed by atoms with Gasteiger partial charge in [0.1, 0.15) is 5.57 Å². The number of amides is 2. The average molecular weight is 314 g/mol. The van der Waals surface area contributed by atoms with Crippen LogP contribution in [0.25, 0.3) is 6.08 Å². The van der Waals surface area contributed by atoms with E-state index >= 15 is 0 Å². The van der Waals surface area contributed by atoms with E-state index in [1.807, 2.05) is 35.7 Å². The molecular formula is C15H10N2O2S2. The molecule has 21 heavy (non-hydrogen) atoms. The van der Waals surface area contributed by atoms with E-state index in [1.165, 1.54) is 16.2 Å². The Balaban J connectivity index is 2.02. The van der Waals surface area contributed by atoms with Crippen LogP contribution in [0, 0.1) is 0 Å². The van der Waals surface area contributed by atoms with Gasteiger partial charge in [0, 0.05) is 4.88 Å². The number of carbonyl (C=O) groups excluding carboxylic acids is 2. The van der Waals surface area contributed by atoms with Gasteiger partial charge in [-0.2, -0.15) is 0 Å². The van der Waals surface area contributed by atoms with Crippen molar-refractivity contribution in [3.05, 3.63) is 58.3 Å². The molecule has 1 saturated heterocycles. The molecule has 0 saturated carbocycles. The van der Waals surface area contributed by atoms with Gasteiger partial charge in [-0.05, 0) is 41.9 Å². The minimum absolute atomic E-state index is 0.0786. The second kappa shape index (κ2) is 5.59. The quantitative estimate of drug-likeness (QED) is 0.526. The Kier molecular flexibility index (Phi) is 3.64. The number of para-hydroxylation sites is 1. The van der Waals surface area contributed by atoms with Crippen LogP contribution in [0.3, 0.4) is 0 Å². The van der Waals surface area contributed by atoms with Crippen molar-refractivity contribution in [3.63, 3.8) is 0 Å². The van der Waals surface area contributed by atoms with Crippen LogP contribution < -0.4 is 10.2 Å². The van der Waals surface area contributed by atoms with Crippen LogP contribution in [0.4, 0.5) is 5.69 Å². The molecule has 1 N–H and O–H groups in total. The molecule has 0 spiro atoms. The zero-order valence-corrected chi connectivity index (χ0v) is 12.4. The summed E-state index contributed by atoms with van der Waals surface area (Å²) in [5.74, 6) is -0.881. The largest absolute Gasteiger partial charge is 0.298 e. The van der Waals surface area contributed by atoms with Gasteiger partial charge in [0.15, 0.2) is 5.11 Å². The van der Waals surface area contributed by atoms with E-state index in [2.05, 4.69) is 5.32 Å². The van der Waals surface area contributed by atoms with Crippen molar-refractivity contribution in [2.75, 3.05) is 4.90 Å². The highest BCUT2D eigenvalue weighted by Crippen LogP contribution is 2.22. The minimum Gasteiger partial charge on any atom is -0.298 e. The van der Waals surface area contributed by atoms with E-state index in [-0.39, 0.29) is 10.7 Å². The maximum Gasteiger partial charge on any atom is 0.270 e. The van der Waals surface area contributed by atoms with Crippen LogP contribution in [0.5, 0.6) is 0 Å². The number of nitrogens with one attached hydrogen (secondary N) is 1. The minimum atomic E-state index is -0.467. The first-order valence-corrected chi connectivity index (χ1v) is 7.45. The number of rotatable bonds is 2. The Morgan fingerprint density at radius 1 is 1.10 bits per heavy atom. The molecule has 2 amide bonds. The van der Waals surface area contributed by atoms with E-state index in [1.54, 1.807) is 18.2 Å². The first-order chi connectivity index (χ1) is 10.2. The van der Waals surface area contributed by atoms with E-state index < -0.39 is 11.8 Å². The second-order valence-electron chi connectivity index (χ2n) is 4.31. The molecule has 0 atom stereocenters. The highest BCUT2D eigenvalue weighted by atomic mass is 32.1. The number of hydrogen-bond acceptors (Lipinski definition) is 4. The molecule has 6 heteroatoms. The standard InChI is InChI=1S/C15H10N2O2S2/c18-13-12(9-11-7-4-8-21-11)14(19)17(15(20)16-13)10-5-2-1-3-6-10/h1-9H,(H,16,18,20). The van der Waals surface area contributed by atoms with Crippen molar-refractivity contribution >= 4 is 52.2 Å². The number of hydrogen-bond donors (Lipinski definition) is 1. The Hall–Kier alpha value is -2.31. The topological polar surface area (TPSA) is 49.4 Å². The maximum atomic E-state index is 12.6. The van der Waals surface area contributed by atoms with E-state index in [9.17, 15) is 9.59 Å². The van der Waals surface area contributed by atoms with Crippen LogP contribution in [0.2, 0.25) is 0 Å². The Labute approximate surface area is 130 Å². The van der Waals surface area contributed by atoms with Crippen LogP contribution in [0.1, 0.15) is 4.88 Å². The molecule has 1 aliphatic rings. The van der Waals surface area contributed by atoms with Gasteiger partial charge in [0.25, 0.3) is 11.8 Å². The number of benzene rings is 1. The summed E-state index contributed by atoms with van der Waals surface area (Å²) in [6.07, 6.45) is 1.58. The van der Waals surface area contributed by atoms with Gasteiger partial charge < -0.3 is 0 Å². The fourth-order valence-corrected chi connectivity index (χ4v) is 2.92. The summed E-state index contributed by atoms with van der Waals surface area (Å²) in [6, 6.07) is 12.7. The van der Waals surface area contributed by atoms with Crippen molar-refractivity contribution in [2.24, 2.45) is 0 Å². The molecule has 1 aromatic heterocycles. The molecule has 3 rings (SSSR count). The number of thiocarbonyl (C=S) groups is 1. The summed E-state index contributed by atoms with van der Waals surface area (Å²) in [5, 5.41) is 4.54. The van der Waals surface area contributed by atoms with Crippen molar-refractivity contribution in [2.45, 2.75) is 0 Å². The lowest BCUT2D eigenvalue weighted by Crippen LogP contribution is -2.54. The molecule has 2 aromatic rings. The van der Waals surface area contributed by atoms with Crippen molar-refractivity contribution in [3.8, 4) is 0 Å². The van der Waals surface area contributed by atoms with E-state index in [4.69, 9.17) is 12.2 Å². The summed E-state index contributed by atoms with van der Waals surface area (Å²) in [5.41, 5.74) is 0.708. The number of nitrogens with zero attached hydrogens (tertiary/aromatic N) is 1. The SMILES string of the molecule is O=C1NC(=S)N(c2ccccc2)C(=O)C1=Cc1cccs1. The van der Waals surface area contributed by atoms with Crippen molar-refractivity contribution in [1.29, 1.82) is 0 Å². The molecule has 0 unspecified atom stereocenters. The Morgan fingerprint density at radius 2 is 1.86 bits per heavy atom. The average Bonchev–Trinajstić information content (AvgIpc) is 2.97. The summed E-state index contributed by atoms with van der Waals surface area (Å²) in [4.78, 5) is 26.8. The lowest BCUT2D eigenvalue weighted by atomic mass is 10.1.